The third-order valence-electron chi connectivity index (χ3n) is 4.35. The van der Waals surface area contributed by atoms with Gasteiger partial charge in [0.1, 0.15) is 18.1 Å². The van der Waals surface area contributed by atoms with Crippen LogP contribution >= 0.6 is 0 Å². The summed E-state index contributed by atoms with van der Waals surface area (Å²) < 4.78 is 35.7. The fraction of sp³-hybridized carbons (Fsp3) is 0.381. The van der Waals surface area contributed by atoms with E-state index in [4.69, 9.17) is 9.47 Å². The van der Waals surface area contributed by atoms with Crippen LogP contribution in [-0.2, 0) is 14.8 Å². The maximum absolute atomic E-state index is 12.4. The highest BCUT2D eigenvalue weighted by atomic mass is 32.2. The number of aryl methyl sites for hydroxylation is 1. The quantitative estimate of drug-likeness (QED) is 0.674. The first kappa shape index (κ1) is 22.5. The molecule has 2 atom stereocenters. The van der Waals surface area contributed by atoms with Crippen molar-refractivity contribution >= 4 is 21.6 Å². The minimum absolute atomic E-state index is 0.195. The third kappa shape index (κ3) is 6.67. The first-order chi connectivity index (χ1) is 13.6. The number of benzene rings is 2. The summed E-state index contributed by atoms with van der Waals surface area (Å²) in [5.41, 5.74) is 1.55. The maximum atomic E-state index is 12.4. The molecule has 1 amide bonds. The lowest BCUT2D eigenvalue weighted by Gasteiger charge is -2.20. The molecule has 0 spiro atoms. The number of nitrogens with zero attached hydrogens (tertiary/aromatic N) is 1. The zero-order valence-corrected chi connectivity index (χ0v) is 18.2. The number of para-hydroxylation sites is 1. The van der Waals surface area contributed by atoms with Crippen molar-refractivity contribution in [2.24, 2.45) is 0 Å². The standard InChI is InChI=1S/C21H28N2O5S/c1-15-8-6-7-9-20(15)27-14-16(2)22-21(24)17(3)28-19-12-10-18(11-13-19)23(4)29(5,25)26/h6-13,16-17H,14H2,1-5H3,(H,22,24)/t16-,17+/m0/s1. The molecule has 8 heteroatoms. The molecule has 0 aliphatic heterocycles. The molecule has 2 aromatic carbocycles. The van der Waals surface area contributed by atoms with Gasteiger partial charge in [0.05, 0.1) is 18.0 Å². The molecule has 0 unspecified atom stereocenters. The van der Waals surface area contributed by atoms with Crippen molar-refractivity contribution in [3.63, 3.8) is 0 Å². The lowest BCUT2D eigenvalue weighted by molar-refractivity contribution is -0.128. The number of anilines is 1. The van der Waals surface area contributed by atoms with Gasteiger partial charge in [0.2, 0.25) is 10.0 Å². The smallest absolute Gasteiger partial charge is 0.261 e. The van der Waals surface area contributed by atoms with Crippen molar-refractivity contribution < 1.29 is 22.7 Å². The lowest BCUT2D eigenvalue weighted by Crippen LogP contribution is -2.43. The van der Waals surface area contributed by atoms with Crippen LogP contribution in [-0.4, -0.2) is 46.4 Å². The summed E-state index contributed by atoms with van der Waals surface area (Å²) >= 11 is 0. The van der Waals surface area contributed by atoms with Gasteiger partial charge in [-0.2, -0.15) is 0 Å². The molecule has 0 saturated heterocycles. The van der Waals surface area contributed by atoms with Crippen LogP contribution in [0.5, 0.6) is 11.5 Å². The second kappa shape index (κ2) is 9.65. The molecule has 0 saturated carbocycles. The molecule has 0 bridgehead atoms. The number of hydrogen-bond acceptors (Lipinski definition) is 5. The van der Waals surface area contributed by atoms with E-state index in [0.717, 1.165) is 17.6 Å². The van der Waals surface area contributed by atoms with Gasteiger partial charge in [-0.25, -0.2) is 8.42 Å². The minimum Gasteiger partial charge on any atom is -0.491 e. The number of carbonyl (C=O) groups excluding carboxylic acids is 1. The first-order valence-electron chi connectivity index (χ1n) is 9.27. The molecule has 0 fully saturated rings. The lowest BCUT2D eigenvalue weighted by atomic mass is 10.2. The number of hydrogen-bond donors (Lipinski definition) is 1. The van der Waals surface area contributed by atoms with E-state index in [9.17, 15) is 13.2 Å². The SMILES string of the molecule is Cc1ccccc1OC[C@H](C)NC(=O)[C@@H](C)Oc1ccc(N(C)S(C)(=O)=O)cc1. The first-order valence-corrected chi connectivity index (χ1v) is 11.1. The summed E-state index contributed by atoms with van der Waals surface area (Å²) in [6.07, 6.45) is 0.419. The van der Waals surface area contributed by atoms with E-state index in [0.29, 0.717) is 18.0 Å². The van der Waals surface area contributed by atoms with Crippen LogP contribution in [0.25, 0.3) is 0 Å². The van der Waals surface area contributed by atoms with Gasteiger partial charge < -0.3 is 14.8 Å². The van der Waals surface area contributed by atoms with Crippen LogP contribution in [0.4, 0.5) is 5.69 Å². The molecule has 29 heavy (non-hydrogen) atoms. The minimum atomic E-state index is -3.33. The Labute approximate surface area is 172 Å². The molecule has 0 aliphatic carbocycles. The Morgan fingerprint density at radius 3 is 2.31 bits per heavy atom. The number of ether oxygens (including phenoxy) is 2. The van der Waals surface area contributed by atoms with Crippen molar-refractivity contribution in [1.82, 2.24) is 5.32 Å². The predicted molar refractivity (Wildman–Crippen MR) is 114 cm³/mol. The van der Waals surface area contributed by atoms with E-state index < -0.39 is 16.1 Å². The fourth-order valence-corrected chi connectivity index (χ4v) is 3.02. The topological polar surface area (TPSA) is 84.9 Å². The Balaban J connectivity index is 1.86. The summed E-state index contributed by atoms with van der Waals surface area (Å²) in [7, 11) is -1.86. The van der Waals surface area contributed by atoms with E-state index in [1.807, 2.05) is 38.1 Å². The highest BCUT2D eigenvalue weighted by Gasteiger charge is 2.18. The summed E-state index contributed by atoms with van der Waals surface area (Å²) in [6.45, 7) is 5.82. The Kier molecular flexibility index (Phi) is 7.50. The zero-order chi connectivity index (χ0) is 21.6. The normalized spacial score (nSPS) is 13.3. The molecule has 7 nitrogen and oxygen atoms in total. The second-order valence-corrected chi connectivity index (χ2v) is 8.98. The van der Waals surface area contributed by atoms with E-state index >= 15 is 0 Å². The van der Waals surface area contributed by atoms with E-state index in [1.54, 1.807) is 31.2 Å². The van der Waals surface area contributed by atoms with Crippen LogP contribution in [0, 0.1) is 6.92 Å². The van der Waals surface area contributed by atoms with Crippen LogP contribution < -0.4 is 19.1 Å². The molecule has 0 aliphatic rings. The third-order valence-corrected chi connectivity index (χ3v) is 5.56. The van der Waals surface area contributed by atoms with E-state index in [-0.39, 0.29) is 11.9 Å². The van der Waals surface area contributed by atoms with E-state index in [2.05, 4.69) is 5.32 Å². The molecular weight excluding hydrogens is 392 g/mol. The van der Waals surface area contributed by atoms with Crippen LogP contribution in [0.3, 0.4) is 0 Å². The van der Waals surface area contributed by atoms with Crippen LogP contribution in [0.2, 0.25) is 0 Å². The highest BCUT2D eigenvalue weighted by molar-refractivity contribution is 7.92. The average molecular weight is 421 g/mol. The Hall–Kier alpha value is -2.74. The van der Waals surface area contributed by atoms with Gasteiger partial charge in [-0.3, -0.25) is 9.10 Å². The molecule has 2 aromatic rings. The van der Waals surface area contributed by atoms with Gasteiger partial charge >= 0.3 is 0 Å². The monoisotopic (exact) mass is 420 g/mol. The largest absolute Gasteiger partial charge is 0.491 e. The summed E-state index contributed by atoms with van der Waals surface area (Å²) in [6, 6.07) is 14.0. The summed E-state index contributed by atoms with van der Waals surface area (Å²) in [5.74, 6) is 1.00. The average Bonchev–Trinajstić information content (AvgIpc) is 2.66. The Morgan fingerprint density at radius 2 is 1.72 bits per heavy atom. The number of nitrogens with one attached hydrogen (secondary N) is 1. The van der Waals surface area contributed by atoms with Crippen molar-refractivity contribution in [2.75, 3.05) is 24.2 Å². The molecule has 0 aromatic heterocycles. The van der Waals surface area contributed by atoms with Gasteiger partial charge in [-0.1, -0.05) is 18.2 Å². The maximum Gasteiger partial charge on any atom is 0.261 e. The Morgan fingerprint density at radius 1 is 1.10 bits per heavy atom. The zero-order valence-electron chi connectivity index (χ0n) is 17.4. The van der Waals surface area contributed by atoms with Gasteiger partial charge in [-0.15, -0.1) is 0 Å². The molecule has 2 rings (SSSR count). The summed E-state index contributed by atoms with van der Waals surface area (Å²) in [4.78, 5) is 12.4. The van der Waals surface area contributed by atoms with Crippen molar-refractivity contribution in [3.05, 3.63) is 54.1 Å². The van der Waals surface area contributed by atoms with Crippen molar-refractivity contribution in [1.29, 1.82) is 0 Å². The van der Waals surface area contributed by atoms with Crippen molar-refractivity contribution in [3.8, 4) is 11.5 Å². The molecule has 0 heterocycles. The van der Waals surface area contributed by atoms with Gasteiger partial charge in [0, 0.05) is 7.05 Å². The molecule has 1 N–H and O–H groups in total. The van der Waals surface area contributed by atoms with Crippen molar-refractivity contribution in [2.45, 2.75) is 32.9 Å². The van der Waals surface area contributed by atoms with Crippen LogP contribution in [0.15, 0.2) is 48.5 Å². The van der Waals surface area contributed by atoms with Crippen LogP contribution in [0.1, 0.15) is 19.4 Å². The number of carbonyl (C=O) groups is 1. The number of amides is 1. The van der Waals surface area contributed by atoms with E-state index in [1.165, 1.54) is 11.4 Å². The highest BCUT2D eigenvalue weighted by Crippen LogP contribution is 2.21. The van der Waals surface area contributed by atoms with Gasteiger partial charge in [0.15, 0.2) is 6.10 Å². The summed E-state index contributed by atoms with van der Waals surface area (Å²) in [5, 5.41) is 2.86. The van der Waals surface area contributed by atoms with Gasteiger partial charge in [-0.05, 0) is 56.7 Å². The Bertz CT molecular complexity index is 928. The molecular formula is C21H28N2O5S. The fourth-order valence-electron chi connectivity index (χ4n) is 2.52. The number of rotatable bonds is 9. The second-order valence-electron chi connectivity index (χ2n) is 6.97. The number of sulfonamides is 1. The molecule has 0 radical (unpaired) electrons. The molecule has 158 valence electrons. The predicted octanol–water partition coefficient (Wildman–Crippen LogP) is 2.74. The van der Waals surface area contributed by atoms with Gasteiger partial charge in [0.25, 0.3) is 5.91 Å².